The smallest absolute Gasteiger partial charge is 0.407 e. The Kier molecular flexibility index (Phi) is 9.24. The van der Waals surface area contributed by atoms with Crippen molar-refractivity contribution >= 4 is 18.0 Å². The Hall–Kier alpha value is -1.79. The van der Waals surface area contributed by atoms with E-state index in [-0.39, 0.29) is 41.7 Å². The summed E-state index contributed by atoms with van der Waals surface area (Å²) in [4.78, 5) is 36.6. The van der Waals surface area contributed by atoms with E-state index >= 15 is 0 Å². The first-order valence-corrected chi connectivity index (χ1v) is 10.5. The van der Waals surface area contributed by atoms with Gasteiger partial charge in [0.2, 0.25) is 5.91 Å². The van der Waals surface area contributed by atoms with Crippen LogP contribution in [-0.4, -0.2) is 42.3 Å². The Morgan fingerprint density at radius 2 is 1.68 bits per heavy atom. The van der Waals surface area contributed by atoms with Crippen LogP contribution in [0.25, 0.3) is 0 Å². The van der Waals surface area contributed by atoms with Crippen LogP contribution in [0.5, 0.6) is 0 Å². The second-order valence-electron chi connectivity index (χ2n) is 8.64. The first kappa shape index (κ1) is 24.2. The molecule has 4 atom stereocenters. The molecule has 28 heavy (non-hydrogen) atoms. The lowest BCUT2D eigenvalue weighted by Gasteiger charge is -2.35. The molecule has 0 spiro atoms. The van der Waals surface area contributed by atoms with Gasteiger partial charge in [-0.05, 0) is 46.5 Å². The molecule has 2 amide bonds. The molecule has 7 nitrogen and oxygen atoms in total. The minimum Gasteiger partial charge on any atom is -0.466 e. The van der Waals surface area contributed by atoms with Gasteiger partial charge in [-0.1, -0.05) is 26.7 Å². The van der Waals surface area contributed by atoms with E-state index in [0.29, 0.717) is 19.4 Å². The number of carbonyl (C=O) groups excluding carboxylic acids is 3. The van der Waals surface area contributed by atoms with Gasteiger partial charge in [0.1, 0.15) is 5.60 Å². The van der Waals surface area contributed by atoms with E-state index in [0.717, 1.165) is 12.8 Å². The summed E-state index contributed by atoms with van der Waals surface area (Å²) in [6.45, 7) is 13.2. The lowest BCUT2D eigenvalue weighted by Crippen LogP contribution is -2.51. The maximum absolute atomic E-state index is 12.4. The first-order chi connectivity index (χ1) is 13.0. The molecule has 1 aliphatic rings. The summed E-state index contributed by atoms with van der Waals surface area (Å²) in [7, 11) is 0. The van der Waals surface area contributed by atoms with Crippen LogP contribution in [0.2, 0.25) is 0 Å². The fraction of sp³-hybridized carbons (Fsp3) is 0.857. The van der Waals surface area contributed by atoms with Crippen LogP contribution in [0.15, 0.2) is 0 Å². The monoisotopic (exact) mass is 398 g/mol. The number of amides is 2. The van der Waals surface area contributed by atoms with Crippen molar-refractivity contribution < 1.29 is 23.9 Å². The van der Waals surface area contributed by atoms with E-state index in [1.807, 2.05) is 20.8 Å². The van der Waals surface area contributed by atoms with Crippen LogP contribution < -0.4 is 10.6 Å². The highest BCUT2D eigenvalue weighted by atomic mass is 16.6. The van der Waals surface area contributed by atoms with Gasteiger partial charge < -0.3 is 20.1 Å². The summed E-state index contributed by atoms with van der Waals surface area (Å²) < 4.78 is 10.6. The first-order valence-electron chi connectivity index (χ1n) is 10.5. The third-order valence-electron chi connectivity index (χ3n) is 5.32. The second kappa shape index (κ2) is 10.7. The molecule has 162 valence electrons. The molecule has 0 bridgehead atoms. The van der Waals surface area contributed by atoms with Gasteiger partial charge in [0.25, 0.3) is 0 Å². The fourth-order valence-corrected chi connectivity index (χ4v) is 4.15. The molecule has 0 saturated heterocycles. The molecule has 0 heterocycles. The van der Waals surface area contributed by atoms with Crippen LogP contribution in [0.1, 0.15) is 74.1 Å². The van der Waals surface area contributed by atoms with E-state index in [9.17, 15) is 14.4 Å². The molecule has 1 fully saturated rings. The van der Waals surface area contributed by atoms with Crippen molar-refractivity contribution in [3.8, 4) is 0 Å². The second-order valence-corrected chi connectivity index (χ2v) is 8.64. The molecule has 0 unspecified atom stereocenters. The zero-order valence-corrected chi connectivity index (χ0v) is 18.5. The number of alkyl carbamates (subject to hydrolysis) is 1. The summed E-state index contributed by atoms with van der Waals surface area (Å²) in [5.41, 5.74) is -0.606. The van der Waals surface area contributed by atoms with Gasteiger partial charge >= 0.3 is 12.1 Å². The number of rotatable bonds is 8. The van der Waals surface area contributed by atoms with E-state index in [2.05, 4.69) is 24.5 Å². The van der Waals surface area contributed by atoms with Crippen molar-refractivity contribution in [2.45, 2.75) is 91.8 Å². The van der Waals surface area contributed by atoms with Crippen molar-refractivity contribution in [2.75, 3.05) is 6.61 Å². The summed E-state index contributed by atoms with van der Waals surface area (Å²) in [5, 5.41) is 6.03. The average Bonchev–Trinajstić information content (AvgIpc) is 2.96. The highest BCUT2D eigenvalue weighted by Gasteiger charge is 2.45. The van der Waals surface area contributed by atoms with E-state index in [4.69, 9.17) is 9.47 Å². The zero-order chi connectivity index (χ0) is 21.5. The van der Waals surface area contributed by atoms with E-state index in [1.54, 1.807) is 6.92 Å². The molecule has 7 heteroatoms. The van der Waals surface area contributed by atoms with Gasteiger partial charge in [0.15, 0.2) is 0 Å². The molecule has 1 aliphatic carbocycles. The molecular weight excluding hydrogens is 360 g/mol. The summed E-state index contributed by atoms with van der Waals surface area (Å²) in [6, 6.07) is -0.381. The largest absolute Gasteiger partial charge is 0.466 e. The standard InChI is InChI=1S/C21H38N2O5/c1-8-14(9-2)18(22-13(4)24)16-11-15(19(25)27-10-3)12-17(16)23-20(26)28-21(5,6)7/h14-18H,8-12H2,1-7H3,(H,22,24)(H,23,26)/t15-,16-,17-,18+/m1/s1. The van der Waals surface area contributed by atoms with Gasteiger partial charge in [-0.3, -0.25) is 9.59 Å². The SMILES string of the molecule is CCOC(=O)[C@@H]1C[C@@H]([C@@H](NC(C)=O)C(CC)CC)[C@H](NC(=O)OC(C)(C)C)C1. The van der Waals surface area contributed by atoms with Crippen molar-refractivity contribution in [1.29, 1.82) is 0 Å². The molecule has 2 N–H and O–H groups in total. The number of nitrogens with one attached hydrogen (secondary N) is 2. The van der Waals surface area contributed by atoms with Crippen LogP contribution in [0.3, 0.4) is 0 Å². The topological polar surface area (TPSA) is 93.7 Å². The number of carbonyl (C=O) groups is 3. The summed E-state index contributed by atoms with van der Waals surface area (Å²) in [6.07, 6.45) is 2.36. The third kappa shape index (κ3) is 7.32. The maximum Gasteiger partial charge on any atom is 0.407 e. The number of hydrogen-bond donors (Lipinski definition) is 2. The van der Waals surface area contributed by atoms with Gasteiger partial charge in [0.05, 0.1) is 12.5 Å². The molecule has 0 aromatic rings. The summed E-state index contributed by atoms with van der Waals surface area (Å²) in [5.74, 6) is -0.441. The predicted octanol–water partition coefficient (Wildman–Crippen LogP) is 3.41. The molecule has 0 aromatic heterocycles. The van der Waals surface area contributed by atoms with Crippen molar-refractivity contribution in [1.82, 2.24) is 10.6 Å². The van der Waals surface area contributed by atoms with Crippen LogP contribution in [0.4, 0.5) is 4.79 Å². The van der Waals surface area contributed by atoms with Crippen molar-refractivity contribution in [3.63, 3.8) is 0 Å². The normalized spacial score (nSPS) is 23.2. The Morgan fingerprint density at radius 3 is 2.14 bits per heavy atom. The Balaban J connectivity index is 3.08. The molecule has 1 saturated carbocycles. The third-order valence-corrected chi connectivity index (χ3v) is 5.32. The molecule has 0 aromatic carbocycles. The average molecular weight is 399 g/mol. The van der Waals surface area contributed by atoms with Gasteiger partial charge in [-0.15, -0.1) is 0 Å². The summed E-state index contributed by atoms with van der Waals surface area (Å²) >= 11 is 0. The lowest BCUT2D eigenvalue weighted by molar-refractivity contribution is -0.147. The van der Waals surface area contributed by atoms with Crippen molar-refractivity contribution in [3.05, 3.63) is 0 Å². The van der Waals surface area contributed by atoms with Crippen LogP contribution >= 0.6 is 0 Å². The Morgan fingerprint density at radius 1 is 1.07 bits per heavy atom. The molecule has 0 radical (unpaired) electrons. The van der Waals surface area contributed by atoms with Crippen molar-refractivity contribution in [2.24, 2.45) is 17.8 Å². The van der Waals surface area contributed by atoms with E-state index in [1.165, 1.54) is 6.92 Å². The molecule has 1 rings (SSSR count). The number of esters is 1. The lowest BCUT2D eigenvalue weighted by atomic mass is 9.81. The number of hydrogen-bond acceptors (Lipinski definition) is 5. The molecule has 0 aliphatic heterocycles. The maximum atomic E-state index is 12.4. The minimum atomic E-state index is -0.606. The molecular formula is C21H38N2O5. The quantitative estimate of drug-likeness (QED) is 0.611. The van der Waals surface area contributed by atoms with Gasteiger partial charge in [-0.2, -0.15) is 0 Å². The van der Waals surface area contributed by atoms with Crippen LogP contribution in [0, 0.1) is 17.8 Å². The predicted molar refractivity (Wildman–Crippen MR) is 108 cm³/mol. The van der Waals surface area contributed by atoms with Crippen LogP contribution in [-0.2, 0) is 19.1 Å². The fourth-order valence-electron chi connectivity index (χ4n) is 4.15. The minimum absolute atomic E-state index is 0.0595. The van der Waals surface area contributed by atoms with Gasteiger partial charge in [0, 0.05) is 24.9 Å². The zero-order valence-electron chi connectivity index (χ0n) is 18.5. The Labute approximate surface area is 169 Å². The van der Waals surface area contributed by atoms with E-state index < -0.39 is 11.7 Å². The highest BCUT2D eigenvalue weighted by molar-refractivity contribution is 5.75. The van der Waals surface area contributed by atoms with Gasteiger partial charge in [-0.25, -0.2) is 4.79 Å². The Bertz CT molecular complexity index is 539. The number of ether oxygens (including phenoxy) is 2. The highest BCUT2D eigenvalue weighted by Crippen LogP contribution is 2.38.